The van der Waals surface area contributed by atoms with E-state index in [2.05, 4.69) is 57.3 Å². The van der Waals surface area contributed by atoms with Gasteiger partial charge in [0.05, 0.1) is 20.3 Å². The molecule has 0 N–H and O–H groups in total. The van der Waals surface area contributed by atoms with Crippen LogP contribution in [0.1, 0.15) is 34.1 Å². The second kappa shape index (κ2) is 7.98. The third kappa shape index (κ3) is 3.58. The maximum absolute atomic E-state index is 5.59. The van der Waals surface area contributed by atoms with Crippen LogP contribution in [0.15, 0.2) is 54.9 Å². The highest BCUT2D eigenvalue weighted by molar-refractivity contribution is 5.51. The molecule has 28 heavy (non-hydrogen) atoms. The maximum Gasteiger partial charge on any atom is 0.161 e. The molecule has 5 heteroatoms. The largest absolute Gasteiger partial charge is 0.493 e. The summed E-state index contributed by atoms with van der Waals surface area (Å²) in [4.78, 5) is 11.2. The number of rotatable bonds is 5. The van der Waals surface area contributed by atoms with Crippen molar-refractivity contribution in [3.05, 3.63) is 82.9 Å². The first kappa shape index (κ1) is 18.4. The second-order valence-electron chi connectivity index (χ2n) is 7.08. The number of aromatic nitrogens is 2. The van der Waals surface area contributed by atoms with E-state index in [9.17, 15) is 0 Å². The average molecular weight is 375 g/mol. The summed E-state index contributed by atoms with van der Waals surface area (Å²) in [5.74, 6) is 2.35. The summed E-state index contributed by atoms with van der Waals surface area (Å²) in [5.41, 5.74) is 4.96. The van der Waals surface area contributed by atoms with Crippen molar-refractivity contribution in [3.8, 4) is 11.5 Å². The van der Waals surface area contributed by atoms with Crippen LogP contribution >= 0.6 is 0 Å². The van der Waals surface area contributed by atoms with E-state index in [0.717, 1.165) is 42.4 Å². The highest BCUT2D eigenvalue weighted by Crippen LogP contribution is 2.41. The zero-order valence-corrected chi connectivity index (χ0v) is 16.6. The summed E-state index contributed by atoms with van der Waals surface area (Å²) >= 11 is 0. The Morgan fingerprint density at radius 2 is 1.68 bits per heavy atom. The summed E-state index contributed by atoms with van der Waals surface area (Å²) in [5, 5.41) is 0. The van der Waals surface area contributed by atoms with E-state index >= 15 is 0 Å². The Kier molecular flexibility index (Phi) is 5.26. The van der Waals surface area contributed by atoms with Crippen molar-refractivity contribution in [1.82, 2.24) is 14.9 Å². The molecule has 2 aromatic carbocycles. The fourth-order valence-corrected chi connectivity index (χ4v) is 3.93. The molecule has 1 atom stereocenters. The minimum absolute atomic E-state index is 0.144. The quantitative estimate of drug-likeness (QED) is 0.676. The van der Waals surface area contributed by atoms with E-state index in [4.69, 9.17) is 9.47 Å². The number of methoxy groups -OCH3 is 2. The van der Waals surface area contributed by atoms with Crippen LogP contribution in [0.5, 0.6) is 11.5 Å². The van der Waals surface area contributed by atoms with Gasteiger partial charge in [-0.05, 0) is 42.2 Å². The molecule has 0 saturated heterocycles. The van der Waals surface area contributed by atoms with E-state index < -0.39 is 0 Å². The van der Waals surface area contributed by atoms with E-state index in [1.165, 1.54) is 16.7 Å². The molecule has 0 bridgehead atoms. The van der Waals surface area contributed by atoms with Crippen LogP contribution in [0, 0.1) is 6.92 Å². The van der Waals surface area contributed by atoms with Gasteiger partial charge in [-0.3, -0.25) is 4.90 Å². The predicted octanol–water partition coefficient (Wildman–Crippen LogP) is 3.95. The van der Waals surface area contributed by atoms with E-state index in [1.807, 2.05) is 19.3 Å². The van der Waals surface area contributed by atoms with E-state index in [0.29, 0.717) is 0 Å². The van der Waals surface area contributed by atoms with Crippen LogP contribution in [0.4, 0.5) is 0 Å². The van der Waals surface area contributed by atoms with Gasteiger partial charge in [0, 0.05) is 31.0 Å². The Balaban J connectivity index is 1.77. The molecular weight excluding hydrogens is 350 g/mol. The Morgan fingerprint density at radius 3 is 2.36 bits per heavy atom. The van der Waals surface area contributed by atoms with Crippen molar-refractivity contribution < 1.29 is 9.47 Å². The first-order chi connectivity index (χ1) is 13.7. The van der Waals surface area contributed by atoms with Gasteiger partial charge in [-0.2, -0.15) is 0 Å². The number of aryl methyl sites for hydroxylation is 1. The van der Waals surface area contributed by atoms with Crippen molar-refractivity contribution >= 4 is 0 Å². The van der Waals surface area contributed by atoms with Gasteiger partial charge in [0.25, 0.3) is 0 Å². The smallest absolute Gasteiger partial charge is 0.161 e. The molecule has 0 aliphatic carbocycles. The molecule has 1 aliphatic rings. The zero-order valence-electron chi connectivity index (χ0n) is 16.6. The molecule has 0 amide bonds. The molecule has 3 aromatic rings. The van der Waals surface area contributed by atoms with Crippen molar-refractivity contribution in [3.63, 3.8) is 0 Å². The average Bonchev–Trinajstić information content (AvgIpc) is 2.74. The van der Waals surface area contributed by atoms with Crippen LogP contribution in [0.25, 0.3) is 0 Å². The van der Waals surface area contributed by atoms with Crippen LogP contribution in [0.3, 0.4) is 0 Å². The van der Waals surface area contributed by atoms with Gasteiger partial charge in [-0.25, -0.2) is 9.97 Å². The maximum atomic E-state index is 5.59. The van der Waals surface area contributed by atoms with Gasteiger partial charge in [0.2, 0.25) is 0 Å². The molecule has 0 radical (unpaired) electrons. The lowest BCUT2D eigenvalue weighted by molar-refractivity contribution is 0.203. The molecule has 1 aliphatic heterocycles. The first-order valence-corrected chi connectivity index (χ1v) is 9.51. The Hall–Kier alpha value is -2.92. The lowest BCUT2D eigenvalue weighted by Gasteiger charge is -2.38. The van der Waals surface area contributed by atoms with Crippen molar-refractivity contribution in [2.45, 2.75) is 25.9 Å². The van der Waals surface area contributed by atoms with Gasteiger partial charge >= 0.3 is 0 Å². The number of fused-ring (bicyclic) bond motifs is 1. The minimum Gasteiger partial charge on any atom is -0.493 e. The van der Waals surface area contributed by atoms with E-state index in [1.54, 1.807) is 14.2 Å². The summed E-state index contributed by atoms with van der Waals surface area (Å²) in [7, 11) is 3.37. The third-order valence-corrected chi connectivity index (χ3v) is 5.31. The summed E-state index contributed by atoms with van der Waals surface area (Å²) in [6.07, 6.45) is 4.81. The summed E-state index contributed by atoms with van der Waals surface area (Å²) in [6, 6.07) is 15.0. The number of benzene rings is 2. The van der Waals surface area contributed by atoms with Crippen LogP contribution in [0.2, 0.25) is 0 Å². The lowest BCUT2D eigenvalue weighted by atomic mass is 9.87. The second-order valence-corrected chi connectivity index (χ2v) is 7.08. The fraction of sp³-hybridized carbons (Fsp3) is 0.304. The molecule has 0 spiro atoms. The van der Waals surface area contributed by atoms with E-state index in [-0.39, 0.29) is 6.04 Å². The standard InChI is InChI=1S/C23H25N3O2/c1-16-24-13-17(14-25-16)15-26-10-9-19-11-21(27-2)22(28-3)12-20(19)23(26)18-7-5-4-6-8-18/h4-8,11-14,23H,9-10,15H2,1-3H3. The van der Waals surface area contributed by atoms with Gasteiger partial charge < -0.3 is 9.47 Å². The minimum atomic E-state index is 0.144. The monoisotopic (exact) mass is 375 g/mol. The van der Waals surface area contributed by atoms with Crippen LogP contribution < -0.4 is 9.47 Å². The number of ether oxygens (including phenoxy) is 2. The summed E-state index contributed by atoms with van der Waals surface area (Å²) < 4.78 is 11.1. The predicted molar refractivity (Wildman–Crippen MR) is 109 cm³/mol. The molecule has 0 fully saturated rings. The molecule has 1 aromatic heterocycles. The van der Waals surface area contributed by atoms with Gasteiger partial charge in [-0.1, -0.05) is 30.3 Å². The Bertz CT molecular complexity index is 942. The molecule has 4 rings (SSSR count). The third-order valence-electron chi connectivity index (χ3n) is 5.31. The highest BCUT2D eigenvalue weighted by atomic mass is 16.5. The number of hydrogen-bond donors (Lipinski definition) is 0. The number of hydrogen-bond acceptors (Lipinski definition) is 5. The SMILES string of the molecule is COc1cc2c(cc1OC)C(c1ccccc1)N(Cc1cnc(C)nc1)CC2. The van der Waals surface area contributed by atoms with Crippen LogP contribution in [-0.4, -0.2) is 35.6 Å². The van der Waals surface area contributed by atoms with Gasteiger partial charge in [0.15, 0.2) is 11.5 Å². The fourth-order valence-electron chi connectivity index (χ4n) is 3.93. The van der Waals surface area contributed by atoms with Gasteiger partial charge in [0.1, 0.15) is 5.82 Å². The molecule has 5 nitrogen and oxygen atoms in total. The summed E-state index contributed by atoms with van der Waals surface area (Å²) in [6.45, 7) is 3.66. The van der Waals surface area contributed by atoms with Crippen molar-refractivity contribution in [2.24, 2.45) is 0 Å². The lowest BCUT2D eigenvalue weighted by Crippen LogP contribution is -2.35. The van der Waals surface area contributed by atoms with Crippen molar-refractivity contribution in [2.75, 3.05) is 20.8 Å². The first-order valence-electron chi connectivity index (χ1n) is 9.51. The topological polar surface area (TPSA) is 47.5 Å². The highest BCUT2D eigenvalue weighted by Gasteiger charge is 2.30. The zero-order chi connectivity index (χ0) is 19.5. The molecular formula is C23H25N3O2. The Labute approximate surface area is 166 Å². The van der Waals surface area contributed by atoms with Crippen LogP contribution in [-0.2, 0) is 13.0 Å². The normalized spacial score (nSPS) is 16.5. The number of nitrogens with zero attached hydrogens (tertiary/aromatic N) is 3. The molecule has 144 valence electrons. The molecule has 0 saturated carbocycles. The Morgan fingerprint density at radius 1 is 1.00 bits per heavy atom. The molecule has 1 unspecified atom stereocenters. The molecule has 2 heterocycles. The van der Waals surface area contributed by atoms with Gasteiger partial charge in [-0.15, -0.1) is 0 Å². The van der Waals surface area contributed by atoms with Crippen molar-refractivity contribution in [1.29, 1.82) is 0 Å².